The van der Waals surface area contributed by atoms with Gasteiger partial charge in [-0.05, 0) is 48.9 Å². The van der Waals surface area contributed by atoms with Crippen LogP contribution in [0.3, 0.4) is 0 Å². The van der Waals surface area contributed by atoms with Gasteiger partial charge in [0.15, 0.2) is 0 Å². The van der Waals surface area contributed by atoms with Gasteiger partial charge in [0.1, 0.15) is 5.82 Å². The van der Waals surface area contributed by atoms with E-state index in [2.05, 4.69) is 26.1 Å². The molecule has 1 aromatic carbocycles. The van der Waals surface area contributed by atoms with Crippen LogP contribution >= 0.6 is 0 Å². The number of methoxy groups -OCH3 is 1. The van der Waals surface area contributed by atoms with E-state index in [1.54, 1.807) is 19.2 Å². The monoisotopic (exact) mass is 295 g/mol. The van der Waals surface area contributed by atoms with Gasteiger partial charge in [-0.2, -0.15) is 0 Å². The van der Waals surface area contributed by atoms with Crippen molar-refractivity contribution in [1.29, 1.82) is 0 Å². The topological polar surface area (TPSA) is 21.3 Å². The predicted molar refractivity (Wildman–Crippen MR) is 87.4 cm³/mol. The second kappa shape index (κ2) is 9.91. The van der Waals surface area contributed by atoms with E-state index in [0.717, 1.165) is 31.5 Å². The van der Waals surface area contributed by atoms with E-state index in [9.17, 15) is 4.39 Å². The summed E-state index contributed by atoms with van der Waals surface area (Å²) in [6.07, 6.45) is 5.07. The lowest BCUT2D eigenvalue weighted by atomic mass is 10.0. The molecule has 2 nitrogen and oxygen atoms in total. The van der Waals surface area contributed by atoms with Crippen molar-refractivity contribution in [2.45, 2.75) is 58.5 Å². The molecule has 0 radical (unpaired) electrons. The number of aryl methyl sites for hydroxylation is 1. The third kappa shape index (κ3) is 5.76. The van der Waals surface area contributed by atoms with Gasteiger partial charge in [0.25, 0.3) is 0 Å². The van der Waals surface area contributed by atoms with E-state index < -0.39 is 0 Å². The molecule has 1 N–H and O–H groups in total. The Morgan fingerprint density at radius 2 is 2.00 bits per heavy atom. The lowest BCUT2D eigenvalue weighted by molar-refractivity contribution is 0.119. The fourth-order valence-corrected chi connectivity index (χ4v) is 2.70. The zero-order chi connectivity index (χ0) is 15.7. The number of hydrogen-bond acceptors (Lipinski definition) is 2. The standard InChI is InChI=1S/C10H11F.C5H11NO.C3H8/c1-7-5-6-8-3-2-4-9(11)10(7)8;1-7-5-2-3-6-4-5;1-3-2/h2-4,7H,5-6H2,1H3;5-6H,2-4H2,1H3;3H2,1-2H3/t7-;5-;/m01./s1. The minimum atomic E-state index is -0.0208. The number of halogens is 1. The Balaban J connectivity index is 0.000000190. The van der Waals surface area contributed by atoms with Crippen molar-refractivity contribution in [3.8, 4) is 0 Å². The average molecular weight is 295 g/mol. The molecule has 0 aromatic heterocycles. The molecule has 21 heavy (non-hydrogen) atoms. The number of nitrogens with one attached hydrogen (secondary N) is 1. The van der Waals surface area contributed by atoms with Crippen LogP contribution in [0.15, 0.2) is 18.2 Å². The Bertz CT molecular complexity index is 402. The van der Waals surface area contributed by atoms with Crippen LogP contribution < -0.4 is 5.32 Å². The van der Waals surface area contributed by atoms with Crippen molar-refractivity contribution in [3.05, 3.63) is 35.1 Å². The fourth-order valence-electron chi connectivity index (χ4n) is 2.70. The third-order valence-electron chi connectivity index (χ3n) is 3.83. The van der Waals surface area contributed by atoms with Crippen molar-refractivity contribution in [2.75, 3.05) is 20.2 Å². The molecular weight excluding hydrogens is 265 g/mol. The van der Waals surface area contributed by atoms with Crippen molar-refractivity contribution < 1.29 is 9.13 Å². The van der Waals surface area contributed by atoms with Gasteiger partial charge in [0.05, 0.1) is 6.10 Å². The van der Waals surface area contributed by atoms with E-state index in [1.165, 1.54) is 18.4 Å². The van der Waals surface area contributed by atoms with Crippen molar-refractivity contribution in [1.82, 2.24) is 5.32 Å². The van der Waals surface area contributed by atoms with E-state index in [4.69, 9.17) is 4.74 Å². The maximum Gasteiger partial charge on any atom is 0.126 e. The smallest absolute Gasteiger partial charge is 0.126 e. The molecule has 120 valence electrons. The summed E-state index contributed by atoms with van der Waals surface area (Å²) >= 11 is 0. The minimum Gasteiger partial charge on any atom is -0.380 e. The molecular formula is C18H30FNO. The van der Waals surface area contributed by atoms with Crippen molar-refractivity contribution in [3.63, 3.8) is 0 Å². The average Bonchev–Trinajstić information content (AvgIpc) is 3.11. The van der Waals surface area contributed by atoms with Crippen molar-refractivity contribution >= 4 is 0 Å². The number of benzene rings is 1. The second-order valence-electron chi connectivity index (χ2n) is 5.81. The van der Waals surface area contributed by atoms with E-state index in [-0.39, 0.29) is 5.82 Å². The first kappa shape index (κ1) is 18.1. The first-order valence-corrected chi connectivity index (χ1v) is 8.14. The Hall–Kier alpha value is -0.930. The van der Waals surface area contributed by atoms with Crippen LogP contribution in [0.4, 0.5) is 4.39 Å². The minimum absolute atomic E-state index is 0.0208. The number of fused-ring (bicyclic) bond motifs is 1. The van der Waals surface area contributed by atoms with Gasteiger partial charge in [-0.15, -0.1) is 0 Å². The maximum atomic E-state index is 13.1. The van der Waals surface area contributed by atoms with E-state index in [1.807, 2.05) is 6.07 Å². The van der Waals surface area contributed by atoms with Crippen LogP contribution in [0.1, 0.15) is 57.1 Å². The largest absolute Gasteiger partial charge is 0.380 e. The van der Waals surface area contributed by atoms with E-state index >= 15 is 0 Å². The molecule has 0 bridgehead atoms. The van der Waals surface area contributed by atoms with Gasteiger partial charge < -0.3 is 10.1 Å². The summed E-state index contributed by atoms with van der Waals surface area (Å²) in [5.74, 6) is 0.402. The molecule has 0 amide bonds. The summed E-state index contributed by atoms with van der Waals surface area (Å²) in [4.78, 5) is 0. The molecule has 0 spiro atoms. The molecule has 3 heteroatoms. The predicted octanol–water partition coefficient (Wildman–Crippen LogP) is 4.29. The Morgan fingerprint density at radius 3 is 2.48 bits per heavy atom. The van der Waals surface area contributed by atoms with Gasteiger partial charge in [0, 0.05) is 13.7 Å². The van der Waals surface area contributed by atoms with Gasteiger partial charge in [-0.1, -0.05) is 39.3 Å². The molecule has 1 heterocycles. The van der Waals surface area contributed by atoms with Crippen LogP contribution in [-0.4, -0.2) is 26.3 Å². The molecule has 1 aromatic rings. The van der Waals surface area contributed by atoms with Crippen LogP contribution in [-0.2, 0) is 11.2 Å². The lowest BCUT2D eigenvalue weighted by Gasteiger charge is -2.04. The highest BCUT2D eigenvalue weighted by atomic mass is 19.1. The highest BCUT2D eigenvalue weighted by Gasteiger charge is 2.21. The summed E-state index contributed by atoms with van der Waals surface area (Å²) in [6, 6.07) is 5.38. The second-order valence-corrected chi connectivity index (χ2v) is 5.81. The van der Waals surface area contributed by atoms with Crippen LogP contribution in [0.5, 0.6) is 0 Å². The molecule has 2 atom stereocenters. The molecule has 1 saturated heterocycles. The normalized spacial score (nSPS) is 22.7. The molecule has 1 fully saturated rings. The fraction of sp³-hybridized carbons (Fsp3) is 0.667. The van der Waals surface area contributed by atoms with Crippen molar-refractivity contribution in [2.24, 2.45) is 0 Å². The Morgan fingerprint density at radius 1 is 1.29 bits per heavy atom. The van der Waals surface area contributed by atoms with Crippen LogP contribution in [0.2, 0.25) is 0 Å². The Kier molecular flexibility index (Phi) is 8.55. The quantitative estimate of drug-likeness (QED) is 0.834. The molecule has 1 aliphatic carbocycles. The van der Waals surface area contributed by atoms with Crippen LogP contribution in [0, 0.1) is 5.82 Å². The zero-order valence-electron chi connectivity index (χ0n) is 13.9. The first-order valence-electron chi connectivity index (χ1n) is 8.14. The molecule has 3 rings (SSSR count). The lowest BCUT2D eigenvalue weighted by Crippen LogP contribution is -2.14. The van der Waals surface area contributed by atoms with E-state index in [0.29, 0.717) is 12.0 Å². The third-order valence-corrected chi connectivity index (χ3v) is 3.83. The van der Waals surface area contributed by atoms with Gasteiger partial charge in [-0.3, -0.25) is 0 Å². The zero-order valence-corrected chi connectivity index (χ0v) is 13.9. The number of ether oxygens (including phenoxy) is 1. The molecule has 1 aliphatic heterocycles. The number of hydrogen-bond donors (Lipinski definition) is 1. The first-order chi connectivity index (χ1) is 10.1. The highest BCUT2D eigenvalue weighted by molar-refractivity contribution is 5.35. The molecule has 2 aliphatic rings. The highest BCUT2D eigenvalue weighted by Crippen LogP contribution is 2.33. The summed E-state index contributed by atoms with van der Waals surface area (Å²) in [5.41, 5.74) is 2.16. The summed E-state index contributed by atoms with van der Waals surface area (Å²) in [7, 11) is 1.76. The van der Waals surface area contributed by atoms with Gasteiger partial charge >= 0.3 is 0 Å². The van der Waals surface area contributed by atoms with Gasteiger partial charge in [-0.25, -0.2) is 4.39 Å². The van der Waals surface area contributed by atoms with Crippen LogP contribution in [0.25, 0.3) is 0 Å². The molecule has 0 saturated carbocycles. The summed E-state index contributed by atoms with van der Waals surface area (Å²) in [5, 5.41) is 3.20. The Labute approximate surface area is 129 Å². The molecule has 0 unspecified atom stereocenters. The van der Waals surface area contributed by atoms with Gasteiger partial charge in [0.2, 0.25) is 0 Å². The number of rotatable bonds is 1. The summed E-state index contributed by atoms with van der Waals surface area (Å²) in [6.45, 7) is 8.50. The summed E-state index contributed by atoms with van der Waals surface area (Å²) < 4.78 is 18.2. The SMILES string of the molecule is CCC.CO[C@@H]1CCNC1.C[C@H]1CCc2cccc(F)c21. The maximum absolute atomic E-state index is 13.1.